The number of carbonyl (C=O) groups excluding carboxylic acids is 1. The minimum Gasteiger partial charge on any atom is -0.353 e. The van der Waals surface area contributed by atoms with Crippen molar-refractivity contribution in [3.8, 4) is 0 Å². The van der Waals surface area contributed by atoms with E-state index in [1.165, 1.54) is 0 Å². The van der Waals surface area contributed by atoms with Crippen LogP contribution in [0.5, 0.6) is 0 Å². The number of carbonyl (C=O) groups is 1. The maximum Gasteiger partial charge on any atom is 0.220 e. The van der Waals surface area contributed by atoms with Crippen LogP contribution in [0.2, 0.25) is 0 Å². The molecule has 100 valence electrons. The van der Waals surface area contributed by atoms with Gasteiger partial charge in [-0.05, 0) is 33.1 Å². The molecule has 5 nitrogen and oxygen atoms in total. The maximum atomic E-state index is 11.5. The molecule has 5 heteroatoms. The van der Waals surface area contributed by atoms with Gasteiger partial charge in [0.15, 0.2) is 0 Å². The first kappa shape index (κ1) is 13.1. The van der Waals surface area contributed by atoms with E-state index in [1.54, 1.807) is 12.5 Å². The zero-order valence-corrected chi connectivity index (χ0v) is 11.1. The van der Waals surface area contributed by atoms with Crippen LogP contribution in [0.25, 0.3) is 0 Å². The molecular weight excluding hydrogens is 228 g/mol. The zero-order valence-electron chi connectivity index (χ0n) is 11.1. The Kier molecular flexibility index (Phi) is 3.71. The summed E-state index contributed by atoms with van der Waals surface area (Å²) in [5, 5.41) is 2.99. The Labute approximate surface area is 108 Å². The number of nitrogens with two attached hydrogens (primary N) is 1. The minimum absolute atomic E-state index is 0.158. The molecule has 0 atom stereocenters. The Morgan fingerprint density at radius 2 is 2.33 bits per heavy atom. The number of nitrogens with zero attached hydrogens (tertiary/aromatic N) is 2. The number of hydrogen-bond acceptors (Lipinski definition) is 3. The third kappa shape index (κ3) is 3.57. The molecule has 2 rings (SSSR count). The summed E-state index contributed by atoms with van der Waals surface area (Å²) in [6.45, 7) is 4.70. The predicted octanol–water partition coefficient (Wildman–Crippen LogP) is 1.14. The number of nitrogens with one attached hydrogen (secondary N) is 1. The fraction of sp³-hybridized carbons (Fsp3) is 0.692. The molecule has 0 spiro atoms. The number of amides is 1. The standard InChI is InChI=1S/C13H22N4O/c1-13(2,14)11-8-15-9-17(11)7-3-4-12(18)16-10-5-6-10/h8-10H,3-7,14H2,1-2H3,(H,16,18). The summed E-state index contributed by atoms with van der Waals surface area (Å²) in [5.41, 5.74) is 6.68. The molecule has 0 saturated heterocycles. The van der Waals surface area contributed by atoms with Crippen molar-refractivity contribution in [2.75, 3.05) is 0 Å². The summed E-state index contributed by atoms with van der Waals surface area (Å²) < 4.78 is 2.03. The highest BCUT2D eigenvalue weighted by molar-refractivity contribution is 5.76. The molecule has 18 heavy (non-hydrogen) atoms. The van der Waals surface area contributed by atoms with Gasteiger partial charge < -0.3 is 15.6 Å². The molecular formula is C13H22N4O. The largest absolute Gasteiger partial charge is 0.353 e. The highest BCUT2D eigenvalue weighted by Crippen LogP contribution is 2.19. The topological polar surface area (TPSA) is 72.9 Å². The molecule has 0 aliphatic heterocycles. The Bertz CT molecular complexity index is 415. The fourth-order valence-corrected chi connectivity index (χ4v) is 1.97. The van der Waals surface area contributed by atoms with Crippen LogP contribution in [0.3, 0.4) is 0 Å². The summed E-state index contributed by atoms with van der Waals surface area (Å²) in [7, 11) is 0. The molecule has 0 bridgehead atoms. The van der Waals surface area contributed by atoms with Crippen molar-refractivity contribution in [1.29, 1.82) is 0 Å². The second kappa shape index (κ2) is 5.10. The Morgan fingerprint density at radius 1 is 1.61 bits per heavy atom. The second-order valence-electron chi connectivity index (χ2n) is 5.64. The highest BCUT2D eigenvalue weighted by atomic mass is 16.1. The first-order valence-electron chi connectivity index (χ1n) is 6.55. The van der Waals surface area contributed by atoms with E-state index in [0.29, 0.717) is 12.5 Å². The van der Waals surface area contributed by atoms with Crippen molar-refractivity contribution >= 4 is 5.91 Å². The molecule has 1 aliphatic carbocycles. The number of hydrogen-bond donors (Lipinski definition) is 2. The monoisotopic (exact) mass is 250 g/mol. The van der Waals surface area contributed by atoms with Gasteiger partial charge >= 0.3 is 0 Å². The molecule has 0 unspecified atom stereocenters. The van der Waals surface area contributed by atoms with Crippen molar-refractivity contribution in [2.24, 2.45) is 5.73 Å². The van der Waals surface area contributed by atoms with Crippen LogP contribution in [0, 0.1) is 0 Å². The number of aryl methyl sites for hydroxylation is 1. The summed E-state index contributed by atoms with van der Waals surface area (Å²) in [6, 6.07) is 0.448. The van der Waals surface area contributed by atoms with Crippen molar-refractivity contribution in [3.05, 3.63) is 18.2 Å². The molecule has 0 aromatic carbocycles. The molecule has 1 saturated carbocycles. The van der Waals surface area contributed by atoms with Gasteiger partial charge in [0.1, 0.15) is 0 Å². The third-order valence-electron chi connectivity index (χ3n) is 3.12. The molecule has 1 amide bonds. The van der Waals surface area contributed by atoms with Gasteiger partial charge in [-0.15, -0.1) is 0 Å². The lowest BCUT2D eigenvalue weighted by Crippen LogP contribution is -2.31. The Balaban J connectivity index is 1.79. The molecule has 1 aliphatic rings. The van der Waals surface area contributed by atoms with Crippen LogP contribution in [0.1, 0.15) is 45.2 Å². The third-order valence-corrected chi connectivity index (χ3v) is 3.12. The summed E-state index contributed by atoms with van der Waals surface area (Å²) in [6.07, 6.45) is 7.24. The lowest BCUT2D eigenvalue weighted by atomic mass is 10.0. The van der Waals surface area contributed by atoms with Crippen LogP contribution >= 0.6 is 0 Å². The quantitative estimate of drug-likeness (QED) is 0.795. The van der Waals surface area contributed by atoms with E-state index >= 15 is 0 Å². The fourth-order valence-electron chi connectivity index (χ4n) is 1.97. The lowest BCUT2D eigenvalue weighted by molar-refractivity contribution is -0.121. The first-order chi connectivity index (χ1) is 8.47. The highest BCUT2D eigenvalue weighted by Gasteiger charge is 2.23. The van der Waals surface area contributed by atoms with E-state index in [-0.39, 0.29) is 5.91 Å². The summed E-state index contributed by atoms with van der Waals surface area (Å²) in [5.74, 6) is 0.158. The summed E-state index contributed by atoms with van der Waals surface area (Å²) >= 11 is 0. The number of rotatable bonds is 6. The minimum atomic E-state index is -0.396. The van der Waals surface area contributed by atoms with Crippen LogP contribution < -0.4 is 11.1 Å². The van der Waals surface area contributed by atoms with Crippen LogP contribution in [-0.4, -0.2) is 21.5 Å². The van der Waals surface area contributed by atoms with Crippen LogP contribution in [0.4, 0.5) is 0 Å². The first-order valence-corrected chi connectivity index (χ1v) is 6.55. The van der Waals surface area contributed by atoms with Gasteiger partial charge in [0.05, 0.1) is 17.6 Å². The molecule has 1 heterocycles. The maximum absolute atomic E-state index is 11.5. The Morgan fingerprint density at radius 3 is 2.94 bits per heavy atom. The van der Waals surface area contributed by atoms with Crippen LogP contribution in [0.15, 0.2) is 12.5 Å². The van der Waals surface area contributed by atoms with Crippen molar-refractivity contribution in [3.63, 3.8) is 0 Å². The zero-order chi connectivity index (χ0) is 13.2. The average molecular weight is 250 g/mol. The van der Waals surface area contributed by atoms with E-state index in [1.807, 2.05) is 18.4 Å². The SMILES string of the molecule is CC(C)(N)c1cncn1CCCC(=O)NC1CC1. The predicted molar refractivity (Wildman–Crippen MR) is 69.8 cm³/mol. The van der Waals surface area contributed by atoms with Gasteiger partial charge in [0, 0.05) is 25.2 Å². The van der Waals surface area contributed by atoms with E-state index in [2.05, 4.69) is 10.3 Å². The number of imidazole rings is 1. The van der Waals surface area contributed by atoms with Crippen LogP contribution in [-0.2, 0) is 16.9 Å². The van der Waals surface area contributed by atoms with Crippen molar-refractivity contribution < 1.29 is 4.79 Å². The van der Waals surface area contributed by atoms with Crippen molar-refractivity contribution in [1.82, 2.24) is 14.9 Å². The van der Waals surface area contributed by atoms with E-state index in [9.17, 15) is 4.79 Å². The van der Waals surface area contributed by atoms with Gasteiger partial charge in [-0.1, -0.05) is 0 Å². The van der Waals surface area contributed by atoms with Gasteiger partial charge in [0.2, 0.25) is 5.91 Å². The van der Waals surface area contributed by atoms with E-state index in [0.717, 1.165) is 31.5 Å². The Hall–Kier alpha value is -1.36. The van der Waals surface area contributed by atoms with Gasteiger partial charge in [-0.2, -0.15) is 0 Å². The summed E-state index contributed by atoms with van der Waals surface area (Å²) in [4.78, 5) is 15.7. The molecule has 1 aromatic rings. The normalized spacial score (nSPS) is 15.7. The molecule has 3 N–H and O–H groups in total. The molecule has 0 radical (unpaired) electrons. The van der Waals surface area contributed by atoms with Crippen molar-refractivity contribution in [2.45, 2.75) is 57.7 Å². The van der Waals surface area contributed by atoms with E-state index in [4.69, 9.17) is 5.73 Å². The average Bonchev–Trinajstić information content (AvgIpc) is 2.93. The van der Waals surface area contributed by atoms with E-state index < -0.39 is 5.54 Å². The van der Waals surface area contributed by atoms with Gasteiger partial charge in [-0.3, -0.25) is 4.79 Å². The second-order valence-corrected chi connectivity index (χ2v) is 5.64. The smallest absolute Gasteiger partial charge is 0.220 e. The van der Waals surface area contributed by atoms with Gasteiger partial charge in [0.25, 0.3) is 0 Å². The van der Waals surface area contributed by atoms with Gasteiger partial charge in [-0.25, -0.2) is 4.98 Å². The molecule has 1 fully saturated rings. The number of aromatic nitrogens is 2. The molecule has 1 aromatic heterocycles. The lowest BCUT2D eigenvalue weighted by Gasteiger charge is -2.20.